The molecular weight excluding hydrogens is 475 g/mol. The number of hydrogen-bond donors (Lipinski definition) is 0. The molecule has 33 heavy (non-hydrogen) atoms. The average Bonchev–Trinajstić information content (AvgIpc) is 3.24. The molecule has 0 saturated carbocycles. The van der Waals surface area contributed by atoms with Crippen LogP contribution in [0.4, 0.5) is 18.3 Å². The molecule has 0 spiro atoms. The molecule has 10 heteroatoms. The smallest absolute Gasteiger partial charge is 0.379 e. The van der Waals surface area contributed by atoms with E-state index in [1.165, 1.54) is 28.4 Å². The second-order valence-corrected chi connectivity index (χ2v) is 9.27. The van der Waals surface area contributed by atoms with E-state index in [-0.39, 0.29) is 5.56 Å². The van der Waals surface area contributed by atoms with Crippen molar-refractivity contribution in [1.82, 2.24) is 9.88 Å². The summed E-state index contributed by atoms with van der Waals surface area (Å²) in [5.74, 6) is -0.508. The maximum atomic E-state index is 13.4. The van der Waals surface area contributed by atoms with E-state index in [1.807, 2.05) is 13.0 Å². The van der Waals surface area contributed by atoms with Crippen LogP contribution in [0, 0.1) is 6.92 Å². The Bertz CT molecular complexity index is 1150. The molecule has 2 heterocycles. The van der Waals surface area contributed by atoms with Crippen LogP contribution in [0.15, 0.2) is 36.4 Å². The van der Waals surface area contributed by atoms with Gasteiger partial charge in [-0.3, -0.25) is 14.6 Å². The molecule has 4 rings (SSSR count). The molecule has 0 N–H and O–H groups in total. The molecule has 0 radical (unpaired) electrons. The fraction of sp³-hybridized carbons (Fsp3) is 0.391. The van der Waals surface area contributed by atoms with Crippen molar-refractivity contribution in [2.75, 3.05) is 44.3 Å². The molecule has 5 nitrogen and oxygen atoms in total. The first kappa shape index (κ1) is 23.9. The van der Waals surface area contributed by atoms with Gasteiger partial charge in [-0.2, -0.15) is 13.2 Å². The number of amides is 1. The summed E-state index contributed by atoms with van der Waals surface area (Å²) >= 11 is 7.55. The molecule has 0 atom stereocenters. The summed E-state index contributed by atoms with van der Waals surface area (Å²) < 4.78 is 45.9. The van der Waals surface area contributed by atoms with Crippen molar-refractivity contribution in [3.8, 4) is 0 Å². The number of hydrogen-bond acceptors (Lipinski definition) is 5. The van der Waals surface area contributed by atoms with Crippen molar-refractivity contribution in [2.45, 2.75) is 19.5 Å². The zero-order valence-electron chi connectivity index (χ0n) is 18.0. The van der Waals surface area contributed by atoms with Crippen LogP contribution in [0.25, 0.3) is 10.2 Å². The van der Waals surface area contributed by atoms with Crippen LogP contribution in [0.3, 0.4) is 0 Å². The number of rotatable bonds is 6. The summed E-state index contributed by atoms with van der Waals surface area (Å²) in [5.41, 5.74) is 0.618. The number of ether oxygens (including phenoxy) is 1. The highest BCUT2D eigenvalue weighted by Crippen LogP contribution is 2.35. The second-order valence-electron chi connectivity index (χ2n) is 7.86. The van der Waals surface area contributed by atoms with E-state index in [9.17, 15) is 18.0 Å². The van der Waals surface area contributed by atoms with Crippen molar-refractivity contribution in [3.63, 3.8) is 0 Å². The number of carbonyl (C=O) groups is 1. The Morgan fingerprint density at radius 2 is 2.00 bits per heavy atom. The fourth-order valence-corrected chi connectivity index (χ4v) is 4.95. The maximum absolute atomic E-state index is 13.4. The van der Waals surface area contributed by atoms with Gasteiger partial charge in [-0.15, -0.1) is 0 Å². The number of anilines is 1. The molecular formula is C23H23ClF3N3O2S. The number of nitrogens with zero attached hydrogens (tertiary/aromatic N) is 3. The Kier molecular flexibility index (Phi) is 7.23. The first-order chi connectivity index (χ1) is 15.7. The Morgan fingerprint density at radius 3 is 2.73 bits per heavy atom. The summed E-state index contributed by atoms with van der Waals surface area (Å²) in [6.45, 7) is 5.92. The normalized spacial score (nSPS) is 15.2. The largest absolute Gasteiger partial charge is 0.416 e. The Morgan fingerprint density at radius 1 is 1.24 bits per heavy atom. The minimum atomic E-state index is -4.53. The van der Waals surface area contributed by atoms with E-state index >= 15 is 0 Å². The van der Waals surface area contributed by atoms with Gasteiger partial charge < -0.3 is 4.74 Å². The fourth-order valence-electron chi connectivity index (χ4n) is 3.75. The van der Waals surface area contributed by atoms with Crippen LogP contribution in [-0.2, 0) is 10.9 Å². The number of aryl methyl sites for hydroxylation is 1. The van der Waals surface area contributed by atoms with Crippen LogP contribution < -0.4 is 4.90 Å². The number of thiazole rings is 1. The van der Waals surface area contributed by atoms with Gasteiger partial charge in [0.25, 0.3) is 5.91 Å². The van der Waals surface area contributed by atoms with Crippen LogP contribution in [0.1, 0.15) is 27.9 Å². The van der Waals surface area contributed by atoms with Crippen molar-refractivity contribution >= 4 is 44.2 Å². The molecule has 1 saturated heterocycles. The van der Waals surface area contributed by atoms with E-state index in [1.54, 1.807) is 6.07 Å². The predicted octanol–water partition coefficient (Wildman–Crippen LogP) is 5.65. The van der Waals surface area contributed by atoms with Crippen LogP contribution in [0.5, 0.6) is 0 Å². The average molecular weight is 498 g/mol. The van der Waals surface area contributed by atoms with Gasteiger partial charge >= 0.3 is 6.18 Å². The quantitative estimate of drug-likeness (QED) is 0.442. The lowest BCUT2D eigenvalue weighted by Crippen LogP contribution is -2.39. The van der Waals surface area contributed by atoms with Crippen molar-refractivity contribution in [1.29, 1.82) is 0 Å². The summed E-state index contributed by atoms with van der Waals surface area (Å²) in [4.78, 5) is 21.8. The molecule has 1 aliphatic heterocycles. The van der Waals surface area contributed by atoms with E-state index in [0.29, 0.717) is 41.9 Å². The van der Waals surface area contributed by atoms with Gasteiger partial charge in [0, 0.05) is 36.8 Å². The Hall–Kier alpha value is -2.20. The van der Waals surface area contributed by atoms with E-state index in [4.69, 9.17) is 16.3 Å². The van der Waals surface area contributed by atoms with Crippen molar-refractivity contribution in [2.24, 2.45) is 0 Å². The topological polar surface area (TPSA) is 45.7 Å². The summed E-state index contributed by atoms with van der Waals surface area (Å²) in [6, 6.07) is 8.13. The monoisotopic (exact) mass is 497 g/mol. The zero-order valence-corrected chi connectivity index (χ0v) is 19.6. The Balaban J connectivity index is 1.63. The third-order valence-electron chi connectivity index (χ3n) is 5.61. The molecule has 0 unspecified atom stereocenters. The molecule has 1 aromatic heterocycles. The summed E-state index contributed by atoms with van der Waals surface area (Å²) in [5, 5.41) is 1.02. The van der Waals surface area contributed by atoms with Gasteiger partial charge in [0.1, 0.15) is 0 Å². The van der Waals surface area contributed by atoms with E-state index in [2.05, 4.69) is 9.88 Å². The van der Waals surface area contributed by atoms with Gasteiger partial charge in [0.15, 0.2) is 5.13 Å². The lowest BCUT2D eigenvalue weighted by atomic mass is 10.1. The number of carbonyl (C=O) groups excluding carboxylic acids is 1. The highest BCUT2D eigenvalue weighted by molar-refractivity contribution is 7.22. The van der Waals surface area contributed by atoms with Crippen LogP contribution >= 0.6 is 22.9 Å². The number of morpholine rings is 1. The minimum absolute atomic E-state index is 0.0230. The van der Waals surface area contributed by atoms with Crippen molar-refractivity contribution < 1.29 is 22.7 Å². The van der Waals surface area contributed by atoms with Gasteiger partial charge in [-0.05, 0) is 49.2 Å². The first-order valence-corrected chi connectivity index (χ1v) is 11.8. The first-order valence-electron chi connectivity index (χ1n) is 10.6. The molecule has 1 amide bonds. The summed E-state index contributed by atoms with van der Waals surface area (Å²) in [7, 11) is 0. The third-order valence-corrected chi connectivity index (χ3v) is 7.06. The highest BCUT2D eigenvalue weighted by Gasteiger charge is 2.32. The van der Waals surface area contributed by atoms with Gasteiger partial charge in [-0.1, -0.05) is 29.0 Å². The molecule has 2 aromatic carbocycles. The predicted molar refractivity (Wildman–Crippen MR) is 124 cm³/mol. The standard InChI is InChI=1S/C23H23ClF3N3O2S/c1-15-18(24)6-7-19-20(15)28-22(33-19)30(9-3-8-29-10-12-32-13-11-29)21(31)16-4-2-5-17(14-16)23(25,26)27/h2,4-7,14H,3,8-13H2,1H3. The minimum Gasteiger partial charge on any atom is -0.379 e. The van der Waals surface area contributed by atoms with Gasteiger partial charge in [0.2, 0.25) is 0 Å². The lowest BCUT2D eigenvalue weighted by Gasteiger charge is -2.27. The van der Waals surface area contributed by atoms with E-state index in [0.717, 1.165) is 42.0 Å². The molecule has 3 aromatic rings. The van der Waals surface area contributed by atoms with Crippen molar-refractivity contribution in [3.05, 3.63) is 58.1 Å². The zero-order chi connectivity index (χ0) is 23.6. The number of halogens is 4. The van der Waals surface area contributed by atoms with Crippen LogP contribution in [-0.4, -0.2) is 55.2 Å². The molecule has 176 valence electrons. The van der Waals surface area contributed by atoms with E-state index < -0.39 is 17.6 Å². The molecule has 0 bridgehead atoms. The molecule has 1 aliphatic rings. The summed E-state index contributed by atoms with van der Waals surface area (Å²) in [6.07, 6.45) is -3.87. The Labute approximate surface area is 198 Å². The van der Waals surface area contributed by atoms with Gasteiger partial charge in [-0.25, -0.2) is 4.98 Å². The number of fused-ring (bicyclic) bond motifs is 1. The third kappa shape index (κ3) is 5.48. The van der Waals surface area contributed by atoms with Crippen LogP contribution in [0.2, 0.25) is 5.02 Å². The highest BCUT2D eigenvalue weighted by atomic mass is 35.5. The molecule has 1 fully saturated rings. The second kappa shape index (κ2) is 9.97. The van der Waals surface area contributed by atoms with Gasteiger partial charge in [0.05, 0.1) is 29.0 Å². The maximum Gasteiger partial charge on any atom is 0.416 e. The SMILES string of the molecule is Cc1c(Cl)ccc2sc(N(CCCN3CCOCC3)C(=O)c3cccc(C(F)(F)F)c3)nc12. The lowest BCUT2D eigenvalue weighted by molar-refractivity contribution is -0.137. The number of aromatic nitrogens is 1. The molecule has 0 aliphatic carbocycles. The number of benzene rings is 2. The number of alkyl halides is 3.